The van der Waals surface area contributed by atoms with Crippen LogP contribution in [0, 0.1) is 23.2 Å². The Balaban J connectivity index is 3.50. The Labute approximate surface area is 36.9 Å². The van der Waals surface area contributed by atoms with Crippen molar-refractivity contribution in [2.75, 3.05) is 0 Å². The van der Waals surface area contributed by atoms with Gasteiger partial charge in [-0.25, -0.2) is 0 Å². The molecular weight excluding hydrogens is 74.1 g/mol. The second kappa shape index (κ2) is 3.79. The lowest BCUT2D eigenvalue weighted by molar-refractivity contribution is 1.55. The number of nitriles is 1. The van der Waals surface area contributed by atoms with Crippen LogP contribution in [0.15, 0.2) is 12.7 Å². The molecule has 1 heteroatoms. The van der Waals surface area contributed by atoms with Gasteiger partial charge in [0, 0.05) is 5.92 Å². The van der Waals surface area contributed by atoms with Crippen LogP contribution in [-0.4, -0.2) is 0 Å². The zero-order chi connectivity index (χ0) is 4.83. The molecule has 1 nitrogen and oxygen atoms in total. The zero-order valence-electron chi connectivity index (χ0n) is 3.23. The molecule has 0 aliphatic carbocycles. The van der Waals surface area contributed by atoms with E-state index in [0.717, 1.165) is 0 Å². The summed E-state index contributed by atoms with van der Waals surface area (Å²) in [6.07, 6.45) is 1.38. The lowest BCUT2D eigenvalue weighted by Crippen LogP contribution is -1.40. The van der Waals surface area contributed by atoms with Crippen LogP contribution in [-0.2, 0) is 0 Å². The molecular formula is C5H3N. The van der Waals surface area contributed by atoms with E-state index in [-0.39, 0.29) is 0 Å². The van der Waals surface area contributed by atoms with E-state index >= 15 is 0 Å². The SMILES string of the molecule is C=CC#CC#N. The second-order valence-electron chi connectivity index (χ2n) is 0.585. The van der Waals surface area contributed by atoms with Gasteiger partial charge in [-0.15, -0.1) is 0 Å². The Kier molecular flexibility index (Phi) is 3.03. The number of nitrogens with zero attached hydrogens (tertiary/aromatic N) is 1. The molecule has 0 fully saturated rings. The van der Waals surface area contributed by atoms with Crippen LogP contribution in [0.2, 0.25) is 0 Å². The van der Waals surface area contributed by atoms with E-state index in [1.807, 2.05) is 0 Å². The summed E-state index contributed by atoms with van der Waals surface area (Å²) >= 11 is 0. The molecule has 0 rings (SSSR count). The normalized spacial score (nSPS) is 3.83. The smallest absolute Gasteiger partial charge is 0.152 e. The highest BCUT2D eigenvalue weighted by Gasteiger charge is 1.45. The minimum absolute atomic E-state index is 1.38. The second-order valence-corrected chi connectivity index (χ2v) is 0.585. The molecule has 0 spiro atoms. The minimum atomic E-state index is 1.38. The predicted molar refractivity (Wildman–Crippen MR) is 23.6 cm³/mol. The standard InChI is InChI=1S/C5H3N/c1-2-3-4-5-6/h2H,1H2. The van der Waals surface area contributed by atoms with Crippen molar-refractivity contribution in [3.8, 4) is 17.9 Å². The van der Waals surface area contributed by atoms with Crippen molar-refractivity contribution in [3.63, 3.8) is 0 Å². The molecule has 0 saturated heterocycles. The van der Waals surface area contributed by atoms with Crippen LogP contribution < -0.4 is 0 Å². The largest absolute Gasteiger partial charge is 0.183 e. The van der Waals surface area contributed by atoms with Gasteiger partial charge in [0.2, 0.25) is 0 Å². The quantitative estimate of drug-likeness (QED) is 0.390. The van der Waals surface area contributed by atoms with Crippen LogP contribution in [0.5, 0.6) is 0 Å². The number of hydrogen-bond acceptors (Lipinski definition) is 1. The van der Waals surface area contributed by atoms with Gasteiger partial charge in [-0.3, -0.25) is 0 Å². The van der Waals surface area contributed by atoms with Crippen molar-refractivity contribution in [3.05, 3.63) is 12.7 Å². The van der Waals surface area contributed by atoms with Crippen LogP contribution in [0.1, 0.15) is 0 Å². The molecule has 0 radical (unpaired) electrons. The molecule has 0 amide bonds. The van der Waals surface area contributed by atoms with Crippen LogP contribution in [0.25, 0.3) is 0 Å². The van der Waals surface area contributed by atoms with E-state index in [4.69, 9.17) is 5.26 Å². The summed E-state index contributed by atoms with van der Waals surface area (Å²) in [5, 5.41) is 7.73. The maximum Gasteiger partial charge on any atom is 0.152 e. The number of allylic oxidation sites excluding steroid dienone is 1. The maximum atomic E-state index is 7.73. The van der Waals surface area contributed by atoms with Gasteiger partial charge in [-0.05, 0) is 6.08 Å². The highest BCUT2D eigenvalue weighted by atomic mass is 14.2. The van der Waals surface area contributed by atoms with Gasteiger partial charge >= 0.3 is 0 Å². The van der Waals surface area contributed by atoms with E-state index in [9.17, 15) is 0 Å². The first-order valence-electron chi connectivity index (χ1n) is 1.42. The van der Waals surface area contributed by atoms with E-state index in [1.165, 1.54) is 6.08 Å². The highest BCUT2D eigenvalue weighted by molar-refractivity contribution is 5.23. The molecule has 28 valence electrons. The van der Waals surface area contributed by atoms with Crippen molar-refractivity contribution in [2.45, 2.75) is 0 Å². The summed E-state index contributed by atoms with van der Waals surface area (Å²) in [6.45, 7) is 3.27. The monoisotopic (exact) mass is 77.0 g/mol. The average molecular weight is 77.1 g/mol. The van der Waals surface area contributed by atoms with Gasteiger partial charge in [-0.2, -0.15) is 5.26 Å². The molecule has 0 atom stereocenters. The Morgan fingerprint density at radius 1 is 1.67 bits per heavy atom. The lowest BCUT2D eigenvalue weighted by Gasteiger charge is -1.45. The molecule has 0 aromatic rings. The zero-order valence-corrected chi connectivity index (χ0v) is 3.23. The van der Waals surface area contributed by atoms with Crippen molar-refractivity contribution in [1.29, 1.82) is 5.26 Å². The van der Waals surface area contributed by atoms with Crippen molar-refractivity contribution < 1.29 is 0 Å². The summed E-state index contributed by atoms with van der Waals surface area (Å²) in [4.78, 5) is 0. The van der Waals surface area contributed by atoms with E-state index < -0.39 is 0 Å². The van der Waals surface area contributed by atoms with Gasteiger partial charge in [0.15, 0.2) is 6.07 Å². The molecule has 6 heavy (non-hydrogen) atoms. The van der Waals surface area contributed by atoms with E-state index in [0.29, 0.717) is 0 Å². The fraction of sp³-hybridized carbons (Fsp3) is 0. The summed E-state index contributed by atoms with van der Waals surface area (Å²) in [7, 11) is 0. The van der Waals surface area contributed by atoms with Crippen LogP contribution in [0.3, 0.4) is 0 Å². The third kappa shape index (κ3) is 2.79. The molecule has 0 bridgehead atoms. The number of hydrogen-bond donors (Lipinski definition) is 0. The molecule has 0 N–H and O–H groups in total. The van der Waals surface area contributed by atoms with Crippen LogP contribution in [0.4, 0.5) is 0 Å². The third-order valence-corrected chi connectivity index (χ3v) is 0.230. The topological polar surface area (TPSA) is 23.8 Å². The van der Waals surface area contributed by atoms with Crippen molar-refractivity contribution in [2.24, 2.45) is 0 Å². The molecule has 0 aromatic heterocycles. The van der Waals surface area contributed by atoms with Crippen LogP contribution >= 0.6 is 0 Å². The van der Waals surface area contributed by atoms with Gasteiger partial charge in [0.25, 0.3) is 0 Å². The van der Waals surface area contributed by atoms with Gasteiger partial charge in [0.1, 0.15) is 0 Å². The fourth-order valence-electron chi connectivity index (χ4n) is 0.0833. The van der Waals surface area contributed by atoms with Crippen molar-refractivity contribution >= 4 is 0 Å². The van der Waals surface area contributed by atoms with Gasteiger partial charge in [0.05, 0.1) is 0 Å². The first-order chi connectivity index (χ1) is 2.91. The molecule has 0 heterocycles. The third-order valence-electron chi connectivity index (χ3n) is 0.230. The maximum absolute atomic E-state index is 7.73. The number of rotatable bonds is 0. The predicted octanol–water partition coefficient (Wildman–Crippen LogP) is 0.699. The fourth-order valence-corrected chi connectivity index (χ4v) is 0.0833. The van der Waals surface area contributed by atoms with Crippen molar-refractivity contribution in [1.82, 2.24) is 0 Å². The summed E-state index contributed by atoms with van der Waals surface area (Å²) in [5.41, 5.74) is 0. The summed E-state index contributed by atoms with van der Waals surface area (Å²) in [6, 6.07) is 1.64. The highest BCUT2D eigenvalue weighted by Crippen LogP contribution is 1.50. The minimum Gasteiger partial charge on any atom is -0.183 e. The summed E-state index contributed by atoms with van der Waals surface area (Å²) in [5.74, 6) is 4.49. The molecule has 0 aliphatic rings. The Hall–Kier alpha value is -1.21. The Morgan fingerprint density at radius 3 is 2.50 bits per heavy atom. The molecule has 0 aromatic carbocycles. The molecule has 0 aliphatic heterocycles. The molecule has 0 unspecified atom stereocenters. The molecule has 0 saturated carbocycles. The first-order valence-corrected chi connectivity index (χ1v) is 1.42. The Morgan fingerprint density at radius 2 is 2.33 bits per heavy atom. The lowest BCUT2D eigenvalue weighted by atomic mass is 10.6. The van der Waals surface area contributed by atoms with E-state index in [2.05, 4.69) is 18.4 Å². The average Bonchev–Trinajstić information content (AvgIpc) is 1.61. The first kappa shape index (κ1) is 4.79. The van der Waals surface area contributed by atoms with Gasteiger partial charge < -0.3 is 0 Å². The van der Waals surface area contributed by atoms with Gasteiger partial charge in [-0.1, -0.05) is 12.5 Å². The summed E-state index contributed by atoms with van der Waals surface area (Å²) < 4.78 is 0. The Bertz CT molecular complexity index is 128. The van der Waals surface area contributed by atoms with E-state index in [1.54, 1.807) is 6.07 Å².